The van der Waals surface area contributed by atoms with E-state index in [1.807, 2.05) is 6.08 Å². The van der Waals surface area contributed by atoms with Gasteiger partial charge in [0, 0.05) is 0 Å². The Labute approximate surface area is 207 Å². The fraction of sp³-hybridized carbons (Fsp3) is 0.839. The highest BCUT2D eigenvalue weighted by Gasteiger charge is 2.69. The molecule has 0 aromatic carbocycles. The molecule has 0 amide bonds. The molecule has 0 radical (unpaired) electrons. The van der Waals surface area contributed by atoms with Gasteiger partial charge in [-0.15, -0.1) is 6.58 Å². The number of aliphatic carboxylic acids is 1. The van der Waals surface area contributed by atoms with Gasteiger partial charge >= 0.3 is 5.97 Å². The van der Waals surface area contributed by atoms with Crippen molar-refractivity contribution in [1.29, 1.82) is 0 Å². The number of hydrogen-bond donors (Lipinski definition) is 2. The van der Waals surface area contributed by atoms with Crippen LogP contribution in [0.4, 0.5) is 0 Å². The molecule has 0 heterocycles. The van der Waals surface area contributed by atoms with Crippen LogP contribution in [0.5, 0.6) is 0 Å². The molecule has 34 heavy (non-hydrogen) atoms. The second-order valence-electron chi connectivity index (χ2n) is 14.1. The Morgan fingerprint density at radius 2 is 1.74 bits per heavy atom. The fourth-order valence-electron chi connectivity index (χ4n) is 10.8. The van der Waals surface area contributed by atoms with E-state index in [-0.39, 0.29) is 28.1 Å². The fourth-order valence-corrected chi connectivity index (χ4v) is 10.8. The number of allylic oxidation sites excluding steroid dienone is 2. The van der Waals surface area contributed by atoms with Gasteiger partial charge in [-0.25, -0.2) is 0 Å². The highest BCUT2D eigenvalue weighted by Crippen LogP contribution is 2.75. The zero-order chi connectivity index (χ0) is 24.9. The molecule has 0 bridgehead atoms. The van der Waals surface area contributed by atoms with Gasteiger partial charge in [0.1, 0.15) is 0 Å². The molecule has 0 spiro atoms. The average Bonchev–Trinajstić information content (AvgIpc) is 2.79. The first-order chi connectivity index (χ1) is 15.8. The summed E-state index contributed by atoms with van der Waals surface area (Å²) in [6.07, 6.45) is 13.3. The Hall–Kier alpha value is -1.09. The molecule has 5 aliphatic rings. The van der Waals surface area contributed by atoms with Crippen LogP contribution in [0.1, 0.15) is 99.3 Å². The predicted molar refractivity (Wildman–Crippen MR) is 137 cm³/mol. The quantitative estimate of drug-likeness (QED) is 0.419. The second kappa shape index (κ2) is 7.46. The average molecular weight is 469 g/mol. The Morgan fingerprint density at radius 3 is 2.38 bits per heavy atom. The normalized spacial score (nSPS) is 56.7. The summed E-state index contributed by atoms with van der Waals surface area (Å²) in [5.41, 5.74) is 0.649. The van der Waals surface area contributed by atoms with Crippen molar-refractivity contribution >= 4 is 5.97 Å². The molecule has 0 aromatic heterocycles. The van der Waals surface area contributed by atoms with Crippen LogP contribution in [0.2, 0.25) is 0 Å². The van der Waals surface area contributed by atoms with Gasteiger partial charge in [0.15, 0.2) is 0 Å². The number of fused-ring (bicyclic) bond motifs is 7. The van der Waals surface area contributed by atoms with E-state index in [0.717, 1.165) is 51.4 Å². The molecule has 4 saturated carbocycles. The van der Waals surface area contributed by atoms with E-state index in [0.29, 0.717) is 23.7 Å². The van der Waals surface area contributed by atoms with Gasteiger partial charge in [0.25, 0.3) is 0 Å². The van der Waals surface area contributed by atoms with Crippen molar-refractivity contribution in [3.8, 4) is 0 Å². The molecule has 3 heteroatoms. The number of carbonyl (C=O) groups is 1. The predicted octanol–water partition coefficient (Wildman–Crippen LogP) is 7.26. The minimum Gasteiger partial charge on any atom is -0.481 e. The van der Waals surface area contributed by atoms with Gasteiger partial charge < -0.3 is 10.2 Å². The molecule has 190 valence electrons. The van der Waals surface area contributed by atoms with Crippen LogP contribution in [0.25, 0.3) is 0 Å². The molecule has 2 N–H and O–H groups in total. The van der Waals surface area contributed by atoms with Crippen LogP contribution in [0, 0.1) is 57.2 Å². The van der Waals surface area contributed by atoms with Crippen molar-refractivity contribution < 1.29 is 15.0 Å². The van der Waals surface area contributed by atoms with Crippen molar-refractivity contribution in [2.24, 2.45) is 57.2 Å². The highest BCUT2D eigenvalue weighted by atomic mass is 16.4. The number of carboxylic acid groups (broad SMARTS) is 1. The summed E-state index contributed by atoms with van der Waals surface area (Å²) in [6.45, 7) is 18.5. The highest BCUT2D eigenvalue weighted by molar-refractivity contribution is 5.76. The first-order valence-corrected chi connectivity index (χ1v) is 14.1. The zero-order valence-electron chi connectivity index (χ0n) is 22.5. The van der Waals surface area contributed by atoms with Crippen LogP contribution < -0.4 is 0 Å². The third-order valence-electron chi connectivity index (χ3n) is 13.6. The Kier molecular flexibility index (Phi) is 5.40. The maximum absolute atomic E-state index is 12.8. The maximum Gasteiger partial charge on any atom is 0.310 e. The largest absolute Gasteiger partial charge is 0.481 e. The summed E-state index contributed by atoms with van der Waals surface area (Å²) in [4.78, 5) is 12.8. The van der Waals surface area contributed by atoms with E-state index in [1.165, 1.54) is 12.0 Å². The van der Waals surface area contributed by atoms with Gasteiger partial charge in [-0.1, -0.05) is 59.3 Å². The van der Waals surface area contributed by atoms with Crippen molar-refractivity contribution in [2.75, 3.05) is 0 Å². The van der Waals surface area contributed by atoms with E-state index in [1.54, 1.807) is 0 Å². The first kappa shape index (κ1) is 24.6. The third kappa shape index (κ3) is 2.77. The molecule has 0 saturated heterocycles. The molecule has 4 fully saturated rings. The number of rotatable bonds is 2. The minimum absolute atomic E-state index is 0.0637. The summed E-state index contributed by atoms with van der Waals surface area (Å²) in [6, 6.07) is 0. The minimum atomic E-state index is -0.739. The topological polar surface area (TPSA) is 57.5 Å². The van der Waals surface area contributed by atoms with E-state index in [9.17, 15) is 15.0 Å². The molecular weight excluding hydrogens is 420 g/mol. The number of aliphatic hydroxyl groups is 1. The van der Waals surface area contributed by atoms with E-state index in [2.05, 4.69) is 54.2 Å². The summed E-state index contributed by atoms with van der Waals surface area (Å²) >= 11 is 0. The lowest BCUT2D eigenvalue weighted by molar-refractivity contribution is -0.197. The zero-order valence-corrected chi connectivity index (χ0v) is 22.5. The Balaban J connectivity index is 1.59. The van der Waals surface area contributed by atoms with Crippen LogP contribution >= 0.6 is 0 Å². The standard InChI is InChI=1S/C31H48O3/c1-8-31(34)18-15-27(5)22(21(31)4)12-13-29(7)24(27)10-9-23-25-20(3)19(2)11-14-30(25,26(32)33)17-16-28(23,29)6/h8-9,19-22,24-25,34H,1,10-18H2,2-7H3,(H,32,33)/t19-,20+,21?,22?,24-,25+,27+,28-,29-,30+,31+/m1/s1. The van der Waals surface area contributed by atoms with Crippen LogP contribution in [-0.4, -0.2) is 21.8 Å². The summed E-state index contributed by atoms with van der Waals surface area (Å²) in [5.74, 6) is 1.94. The second-order valence-corrected chi connectivity index (χ2v) is 14.1. The smallest absolute Gasteiger partial charge is 0.310 e. The van der Waals surface area contributed by atoms with E-state index < -0.39 is 17.0 Å². The lowest BCUT2D eigenvalue weighted by Gasteiger charge is -2.70. The summed E-state index contributed by atoms with van der Waals surface area (Å²) in [7, 11) is 0. The number of hydrogen-bond acceptors (Lipinski definition) is 2. The first-order valence-electron chi connectivity index (χ1n) is 14.1. The molecule has 11 atom stereocenters. The van der Waals surface area contributed by atoms with Crippen LogP contribution in [0.15, 0.2) is 24.3 Å². The molecule has 3 nitrogen and oxygen atoms in total. The molecular formula is C31H48O3. The van der Waals surface area contributed by atoms with Gasteiger partial charge in [0.2, 0.25) is 0 Å². The van der Waals surface area contributed by atoms with Gasteiger partial charge in [0.05, 0.1) is 11.0 Å². The lowest BCUT2D eigenvalue weighted by Crippen LogP contribution is -2.65. The summed E-state index contributed by atoms with van der Waals surface area (Å²) in [5, 5.41) is 21.8. The molecule has 2 unspecified atom stereocenters. The van der Waals surface area contributed by atoms with Crippen molar-refractivity contribution in [2.45, 2.75) is 105 Å². The van der Waals surface area contributed by atoms with Crippen molar-refractivity contribution in [3.63, 3.8) is 0 Å². The Bertz CT molecular complexity index is 922. The van der Waals surface area contributed by atoms with Gasteiger partial charge in [-0.05, 0) is 110 Å². The van der Waals surface area contributed by atoms with Crippen molar-refractivity contribution in [1.82, 2.24) is 0 Å². The monoisotopic (exact) mass is 468 g/mol. The molecule has 5 rings (SSSR count). The lowest BCUT2D eigenvalue weighted by atomic mass is 9.34. The van der Waals surface area contributed by atoms with E-state index in [4.69, 9.17) is 0 Å². The van der Waals surface area contributed by atoms with E-state index >= 15 is 0 Å². The molecule has 5 aliphatic carbocycles. The van der Waals surface area contributed by atoms with Crippen LogP contribution in [-0.2, 0) is 4.79 Å². The maximum atomic E-state index is 12.8. The number of carboxylic acids is 1. The SMILES string of the molecule is C=C[C@]1(O)CC[C@@]2(C)C(CC[C@]3(C)[C@@H]2CC=C2[C@@H]4[C@@H](C)[C@H](C)CC[C@]4(C(=O)O)CC[C@]23C)C1C. The van der Waals surface area contributed by atoms with Crippen molar-refractivity contribution in [3.05, 3.63) is 24.3 Å². The molecule has 0 aromatic rings. The van der Waals surface area contributed by atoms with Gasteiger partial charge in [-0.2, -0.15) is 0 Å². The Morgan fingerprint density at radius 1 is 1.03 bits per heavy atom. The third-order valence-corrected chi connectivity index (χ3v) is 13.6. The summed E-state index contributed by atoms with van der Waals surface area (Å²) < 4.78 is 0. The van der Waals surface area contributed by atoms with Crippen LogP contribution in [0.3, 0.4) is 0 Å². The van der Waals surface area contributed by atoms with Gasteiger partial charge in [-0.3, -0.25) is 4.79 Å². The molecule has 0 aliphatic heterocycles.